The van der Waals surface area contributed by atoms with Crippen molar-refractivity contribution >= 4 is 11.6 Å². The lowest BCUT2D eigenvalue weighted by Crippen LogP contribution is -2.14. The third-order valence-corrected chi connectivity index (χ3v) is 3.66. The first-order valence-electron chi connectivity index (χ1n) is 6.54. The van der Waals surface area contributed by atoms with Crippen molar-refractivity contribution in [3.63, 3.8) is 0 Å². The number of hydrogen-bond donors (Lipinski definition) is 1. The van der Waals surface area contributed by atoms with Crippen LogP contribution in [0.15, 0.2) is 36.4 Å². The molecule has 2 aromatic rings. The van der Waals surface area contributed by atoms with E-state index >= 15 is 0 Å². The number of rotatable bonds is 3. The van der Waals surface area contributed by atoms with E-state index < -0.39 is 0 Å². The zero-order valence-electron chi connectivity index (χ0n) is 11.7. The lowest BCUT2D eigenvalue weighted by Gasteiger charge is -2.15. The minimum atomic E-state index is -0.0158. The summed E-state index contributed by atoms with van der Waals surface area (Å²) in [5.41, 5.74) is 12.5. The van der Waals surface area contributed by atoms with Gasteiger partial charge < -0.3 is 5.73 Å². The van der Waals surface area contributed by atoms with E-state index in [1.165, 1.54) is 16.7 Å². The van der Waals surface area contributed by atoms with Gasteiger partial charge in [0.1, 0.15) is 0 Å². The lowest BCUT2D eigenvalue weighted by molar-refractivity contribution is 0.717. The molecule has 0 aromatic heterocycles. The summed E-state index contributed by atoms with van der Waals surface area (Å²) >= 11 is 6.10. The Morgan fingerprint density at radius 3 is 2.42 bits per heavy atom. The molecule has 2 aromatic carbocycles. The normalized spacial score (nSPS) is 12.5. The van der Waals surface area contributed by atoms with E-state index in [0.717, 1.165) is 22.6 Å². The van der Waals surface area contributed by atoms with Crippen LogP contribution in [-0.2, 0) is 6.42 Å². The van der Waals surface area contributed by atoms with E-state index in [-0.39, 0.29) is 6.04 Å². The van der Waals surface area contributed by atoms with Crippen LogP contribution in [0, 0.1) is 20.8 Å². The predicted octanol–water partition coefficient (Wildman–Crippen LogP) is 4.51. The molecule has 0 aliphatic rings. The van der Waals surface area contributed by atoms with Gasteiger partial charge in [0.15, 0.2) is 0 Å². The van der Waals surface area contributed by atoms with E-state index in [4.69, 9.17) is 17.3 Å². The van der Waals surface area contributed by atoms with Crippen molar-refractivity contribution in [2.45, 2.75) is 33.2 Å². The molecule has 0 saturated heterocycles. The van der Waals surface area contributed by atoms with Crippen LogP contribution >= 0.6 is 11.6 Å². The second-order valence-electron chi connectivity index (χ2n) is 5.30. The Balaban J connectivity index is 2.25. The van der Waals surface area contributed by atoms with Gasteiger partial charge in [-0.05, 0) is 61.6 Å². The highest BCUT2D eigenvalue weighted by Crippen LogP contribution is 2.23. The standard InChI is InChI=1S/C17H20ClN/c1-11-4-5-13(3)14(6-11)10-17(19)15-7-12(2)8-16(18)9-15/h4-9,17H,10,19H2,1-3H3. The largest absolute Gasteiger partial charge is 0.324 e. The average molecular weight is 274 g/mol. The van der Waals surface area contributed by atoms with Crippen molar-refractivity contribution in [3.8, 4) is 0 Å². The zero-order valence-corrected chi connectivity index (χ0v) is 12.5. The van der Waals surface area contributed by atoms with Crippen LogP contribution in [0.3, 0.4) is 0 Å². The van der Waals surface area contributed by atoms with Crippen molar-refractivity contribution in [1.82, 2.24) is 0 Å². The second-order valence-corrected chi connectivity index (χ2v) is 5.74. The van der Waals surface area contributed by atoms with E-state index in [1.807, 2.05) is 19.1 Å². The van der Waals surface area contributed by atoms with Crippen LogP contribution in [0.2, 0.25) is 5.02 Å². The third kappa shape index (κ3) is 3.59. The van der Waals surface area contributed by atoms with Crippen molar-refractivity contribution in [3.05, 3.63) is 69.2 Å². The smallest absolute Gasteiger partial charge is 0.0411 e. The molecule has 100 valence electrons. The van der Waals surface area contributed by atoms with E-state index in [2.05, 4.69) is 38.1 Å². The molecular weight excluding hydrogens is 254 g/mol. The number of hydrogen-bond acceptors (Lipinski definition) is 1. The van der Waals surface area contributed by atoms with Gasteiger partial charge in [-0.25, -0.2) is 0 Å². The molecule has 1 nitrogen and oxygen atoms in total. The van der Waals surface area contributed by atoms with E-state index in [1.54, 1.807) is 0 Å². The third-order valence-electron chi connectivity index (χ3n) is 3.44. The van der Waals surface area contributed by atoms with Crippen molar-refractivity contribution in [2.24, 2.45) is 5.73 Å². The van der Waals surface area contributed by atoms with Gasteiger partial charge in [0.05, 0.1) is 0 Å². The summed E-state index contributed by atoms with van der Waals surface area (Å²) in [7, 11) is 0. The molecule has 0 heterocycles. The Bertz CT molecular complexity index is 570. The highest BCUT2D eigenvalue weighted by molar-refractivity contribution is 6.30. The van der Waals surface area contributed by atoms with Crippen LogP contribution in [-0.4, -0.2) is 0 Å². The van der Waals surface area contributed by atoms with Gasteiger partial charge in [-0.3, -0.25) is 0 Å². The molecule has 1 atom stereocenters. The minimum absolute atomic E-state index is 0.0158. The highest BCUT2D eigenvalue weighted by Gasteiger charge is 2.10. The van der Waals surface area contributed by atoms with Crippen LogP contribution in [0.1, 0.15) is 33.9 Å². The van der Waals surface area contributed by atoms with Crippen LogP contribution in [0.4, 0.5) is 0 Å². The Labute approximate surface area is 120 Å². The van der Waals surface area contributed by atoms with Gasteiger partial charge in [0, 0.05) is 11.1 Å². The average Bonchev–Trinajstić information content (AvgIpc) is 2.32. The van der Waals surface area contributed by atoms with Gasteiger partial charge in [0.25, 0.3) is 0 Å². The fraction of sp³-hybridized carbons (Fsp3) is 0.294. The Kier molecular flexibility index (Phi) is 4.28. The molecule has 0 fully saturated rings. The Morgan fingerprint density at radius 1 is 1.00 bits per heavy atom. The molecule has 0 spiro atoms. The molecule has 0 bridgehead atoms. The summed E-state index contributed by atoms with van der Waals surface area (Å²) < 4.78 is 0. The van der Waals surface area contributed by atoms with Crippen molar-refractivity contribution in [2.75, 3.05) is 0 Å². The highest BCUT2D eigenvalue weighted by atomic mass is 35.5. The molecule has 1 unspecified atom stereocenters. The molecule has 0 aliphatic heterocycles. The summed E-state index contributed by atoms with van der Waals surface area (Å²) in [6.07, 6.45) is 0.841. The van der Waals surface area contributed by atoms with E-state index in [9.17, 15) is 0 Å². The van der Waals surface area contributed by atoms with E-state index in [0.29, 0.717) is 0 Å². The van der Waals surface area contributed by atoms with Crippen molar-refractivity contribution in [1.29, 1.82) is 0 Å². The fourth-order valence-corrected chi connectivity index (χ4v) is 2.65. The number of aryl methyl sites for hydroxylation is 3. The number of benzene rings is 2. The monoisotopic (exact) mass is 273 g/mol. The quantitative estimate of drug-likeness (QED) is 0.875. The summed E-state index contributed by atoms with van der Waals surface area (Å²) in [5, 5.41) is 0.756. The SMILES string of the molecule is Cc1cc(Cl)cc(C(N)Cc2cc(C)ccc2C)c1. The fourth-order valence-electron chi connectivity index (χ4n) is 2.35. The Morgan fingerprint density at radius 2 is 1.74 bits per heavy atom. The molecule has 2 N–H and O–H groups in total. The summed E-state index contributed by atoms with van der Waals surface area (Å²) in [6, 6.07) is 12.5. The number of halogens is 1. The lowest BCUT2D eigenvalue weighted by atomic mass is 9.95. The maximum Gasteiger partial charge on any atom is 0.0411 e. The first-order valence-corrected chi connectivity index (χ1v) is 6.92. The zero-order chi connectivity index (χ0) is 14.0. The molecule has 2 heteroatoms. The number of nitrogens with two attached hydrogens (primary N) is 1. The summed E-state index contributed by atoms with van der Waals surface area (Å²) in [4.78, 5) is 0. The first kappa shape index (κ1) is 14.1. The summed E-state index contributed by atoms with van der Waals surface area (Å²) in [5.74, 6) is 0. The maximum absolute atomic E-state index is 6.33. The minimum Gasteiger partial charge on any atom is -0.324 e. The topological polar surface area (TPSA) is 26.0 Å². The molecule has 0 amide bonds. The second kappa shape index (κ2) is 5.77. The summed E-state index contributed by atoms with van der Waals surface area (Å²) in [6.45, 7) is 6.28. The first-order chi connectivity index (χ1) is 8.95. The van der Waals surface area contributed by atoms with Crippen LogP contribution in [0.5, 0.6) is 0 Å². The van der Waals surface area contributed by atoms with Crippen LogP contribution < -0.4 is 5.73 Å². The molecule has 0 saturated carbocycles. The van der Waals surface area contributed by atoms with Crippen molar-refractivity contribution < 1.29 is 0 Å². The van der Waals surface area contributed by atoms with Gasteiger partial charge in [0.2, 0.25) is 0 Å². The maximum atomic E-state index is 6.33. The van der Waals surface area contributed by atoms with Gasteiger partial charge >= 0.3 is 0 Å². The molecule has 0 radical (unpaired) electrons. The molecular formula is C17H20ClN. The van der Waals surface area contributed by atoms with Gasteiger partial charge in [-0.15, -0.1) is 0 Å². The molecule has 0 aliphatic carbocycles. The Hall–Kier alpha value is -1.31. The van der Waals surface area contributed by atoms with Gasteiger partial charge in [-0.1, -0.05) is 41.4 Å². The van der Waals surface area contributed by atoms with Crippen LogP contribution in [0.25, 0.3) is 0 Å². The molecule has 19 heavy (non-hydrogen) atoms. The van der Waals surface area contributed by atoms with Gasteiger partial charge in [-0.2, -0.15) is 0 Å². The predicted molar refractivity (Wildman–Crippen MR) is 82.7 cm³/mol. The molecule has 2 rings (SSSR count).